The Labute approximate surface area is 99.1 Å². The van der Waals surface area contributed by atoms with E-state index in [0.29, 0.717) is 0 Å². The highest BCUT2D eigenvalue weighted by molar-refractivity contribution is 6.28. The summed E-state index contributed by atoms with van der Waals surface area (Å²) in [6.07, 6.45) is 3.37. The van der Waals surface area contributed by atoms with Crippen LogP contribution in [0.25, 0.3) is 11.1 Å². The van der Waals surface area contributed by atoms with Gasteiger partial charge in [-0.1, -0.05) is 12.1 Å². The van der Waals surface area contributed by atoms with Crippen LogP contribution in [0, 0.1) is 6.92 Å². The lowest BCUT2D eigenvalue weighted by Crippen LogP contribution is -1.90. The Morgan fingerprint density at radius 3 is 2.50 bits per heavy atom. The van der Waals surface area contributed by atoms with Gasteiger partial charge in [0, 0.05) is 23.5 Å². The minimum absolute atomic E-state index is 0.245. The zero-order chi connectivity index (χ0) is 11.5. The number of ether oxygens (including phenoxy) is 1. The average molecular weight is 235 g/mol. The van der Waals surface area contributed by atoms with Crippen molar-refractivity contribution >= 4 is 11.6 Å². The summed E-state index contributed by atoms with van der Waals surface area (Å²) in [7, 11) is 1.65. The molecule has 2 rings (SSSR count). The minimum Gasteiger partial charge on any atom is -0.496 e. The predicted molar refractivity (Wildman–Crippen MR) is 63.8 cm³/mol. The monoisotopic (exact) mass is 234 g/mol. The molecule has 3 nitrogen and oxygen atoms in total. The second-order valence-electron chi connectivity index (χ2n) is 3.44. The van der Waals surface area contributed by atoms with Crippen LogP contribution in [0.4, 0.5) is 0 Å². The molecule has 1 heterocycles. The number of benzene rings is 1. The first kappa shape index (κ1) is 10.9. The number of nitrogens with zero attached hydrogens (tertiary/aromatic N) is 2. The molecule has 0 N–H and O–H groups in total. The van der Waals surface area contributed by atoms with Gasteiger partial charge in [-0.25, -0.2) is 9.97 Å². The Kier molecular flexibility index (Phi) is 3.06. The molecule has 4 heteroatoms. The van der Waals surface area contributed by atoms with Gasteiger partial charge < -0.3 is 4.74 Å². The van der Waals surface area contributed by atoms with Gasteiger partial charge in [0.2, 0.25) is 5.28 Å². The van der Waals surface area contributed by atoms with Crippen LogP contribution >= 0.6 is 11.6 Å². The van der Waals surface area contributed by atoms with Crippen molar-refractivity contribution < 1.29 is 4.74 Å². The number of aromatic nitrogens is 2. The molecule has 0 aliphatic rings. The van der Waals surface area contributed by atoms with Gasteiger partial charge in [-0.05, 0) is 30.2 Å². The molecule has 0 amide bonds. The number of methoxy groups -OCH3 is 1. The summed E-state index contributed by atoms with van der Waals surface area (Å²) in [6.45, 7) is 2.02. The lowest BCUT2D eigenvalue weighted by atomic mass is 10.1. The van der Waals surface area contributed by atoms with E-state index in [0.717, 1.165) is 22.4 Å². The van der Waals surface area contributed by atoms with Crippen LogP contribution in [0.5, 0.6) is 5.75 Å². The molecule has 0 aliphatic carbocycles. The van der Waals surface area contributed by atoms with Crippen LogP contribution in [0.2, 0.25) is 5.28 Å². The first-order chi connectivity index (χ1) is 7.70. The van der Waals surface area contributed by atoms with E-state index >= 15 is 0 Å². The SMILES string of the molecule is COc1cc(C)ccc1-c1cnc(Cl)nc1. The number of rotatable bonds is 2. The third-order valence-corrected chi connectivity index (χ3v) is 2.48. The molecule has 0 aliphatic heterocycles. The third kappa shape index (κ3) is 2.14. The molecule has 0 unspecified atom stereocenters. The van der Waals surface area contributed by atoms with E-state index in [-0.39, 0.29) is 5.28 Å². The molecular weight excluding hydrogens is 224 g/mol. The van der Waals surface area contributed by atoms with Gasteiger partial charge >= 0.3 is 0 Å². The van der Waals surface area contributed by atoms with E-state index in [4.69, 9.17) is 16.3 Å². The van der Waals surface area contributed by atoms with Gasteiger partial charge in [-0.2, -0.15) is 0 Å². The molecule has 0 saturated heterocycles. The van der Waals surface area contributed by atoms with Crippen molar-refractivity contribution in [3.8, 4) is 16.9 Å². The number of hydrogen-bond donors (Lipinski definition) is 0. The molecule has 1 aromatic carbocycles. The Balaban J connectivity index is 2.51. The normalized spacial score (nSPS) is 10.2. The molecule has 2 aromatic rings. The van der Waals surface area contributed by atoms with E-state index in [1.807, 2.05) is 25.1 Å². The maximum absolute atomic E-state index is 5.64. The minimum atomic E-state index is 0.245. The number of hydrogen-bond acceptors (Lipinski definition) is 3. The van der Waals surface area contributed by atoms with Crippen molar-refractivity contribution in [3.05, 3.63) is 41.4 Å². The van der Waals surface area contributed by atoms with E-state index in [2.05, 4.69) is 9.97 Å². The van der Waals surface area contributed by atoms with Crippen LogP contribution < -0.4 is 4.74 Å². The lowest BCUT2D eigenvalue weighted by molar-refractivity contribution is 0.416. The lowest BCUT2D eigenvalue weighted by Gasteiger charge is -2.08. The number of aryl methyl sites for hydroxylation is 1. The molecule has 0 bridgehead atoms. The van der Waals surface area contributed by atoms with Gasteiger partial charge in [0.15, 0.2) is 0 Å². The van der Waals surface area contributed by atoms with Gasteiger partial charge in [0.25, 0.3) is 0 Å². The summed E-state index contributed by atoms with van der Waals surface area (Å²) in [4.78, 5) is 7.90. The van der Waals surface area contributed by atoms with Crippen LogP contribution in [0.3, 0.4) is 0 Å². The first-order valence-corrected chi connectivity index (χ1v) is 5.21. The van der Waals surface area contributed by atoms with Gasteiger partial charge in [0.1, 0.15) is 5.75 Å². The summed E-state index contributed by atoms with van der Waals surface area (Å²) >= 11 is 5.64. The smallest absolute Gasteiger partial charge is 0.222 e. The maximum Gasteiger partial charge on any atom is 0.222 e. The van der Waals surface area contributed by atoms with E-state index in [1.165, 1.54) is 0 Å². The second kappa shape index (κ2) is 4.49. The van der Waals surface area contributed by atoms with E-state index < -0.39 is 0 Å². The van der Waals surface area contributed by atoms with Crippen molar-refractivity contribution in [2.24, 2.45) is 0 Å². The molecule has 1 aromatic heterocycles. The van der Waals surface area contributed by atoms with Crippen molar-refractivity contribution in [2.45, 2.75) is 6.92 Å². The summed E-state index contributed by atoms with van der Waals surface area (Å²) in [6, 6.07) is 5.98. The topological polar surface area (TPSA) is 35.0 Å². The van der Waals surface area contributed by atoms with Crippen LogP contribution in [-0.4, -0.2) is 17.1 Å². The molecule has 0 saturated carbocycles. The Morgan fingerprint density at radius 2 is 1.88 bits per heavy atom. The van der Waals surface area contributed by atoms with Crippen LogP contribution in [0.15, 0.2) is 30.6 Å². The van der Waals surface area contributed by atoms with E-state index in [1.54, 1.807) is 19.5 Å². The van der Waals surface area contributed by atoms with Gasteiger partial charge in [-0.3, -0.25) is 0 Å². The summed E-state index contributed by atoms with van der Waals surface area (Å²) in [5.74, 6) is 0.811. The highest BCUT2D eigenvalue weighted by Gasteiger charge is 2.06. The quantitative estimate of drug-likeness (QED) is 0.749. The summed E-state index contributed by atoms with van der Waals surface area (Å²) in [5.41, 5.74) is 3.00. The van der Waals surface area contributed by atoms with Crippen LogP contribution in [-0.2, 0) is 0 Å². The molecule has 0 spiro atoms. The predicted octanol–water partition coefficient (Wildman–Crippen LogP) is 3.11. The fourth-order valence-corrected chi connectivity index (χ4v) is 1.59. The maximum atomic E-state index is 5.64. The molecule has 16 heavy (non-hydrogen) atoms. The molecule has 0 atom stereocenters. The highest BCUT2D eigenvalue weighted by Crippen LogP contribution is 2.29. The highest BCUT2D eigenvalue weighted by atomic mass is 35.5. The Bertz CT molecular complexity index is 497. The van der Waals surface area contributed by atoms with Gasteiger partial charge in [0.05, 0.1) is 7.11 Å². The zero-order valence-electron chi connectivity index (χ0n) is 9.07. The third-order valence-electron chi connectivity index (χ3n) is 2.29. The molecule has 82 valence electrons. The van der Waals surface area contributed by atoms with Crippen molar-refractivity contribution in [1.29, 1.82) is 0 Å². The Morgan fingerprint density at radius 1 is 1.19 bits per heavy atom. The summed E-state index contributed by atoms with van der Waals surface area (Å²) < 4.78 is 5.32. The largest absolute Gasteiger partial charge is 0.496 e. The Hall–Kier alpha value is -1.61. The fraction of sp³-hybridized carbons (Fsp3) is 0.167. The first-order valence-electron chi connectivity index (χ1n) is 4.83. The van der Waals surface area contributed by atoms with Crippen LogP contribution in [0.1, 0.15) is 5.56 Å². The van der Waals surface area contributed by atoms with E-state index in [9.17, 15) is 0 Å². The van der Waals surface area contributed by atoms with Gasteiger partial charge in [-0.15, -0.1) is 0 Å². The van der Waals surface area contributed by atoms with Crippen molar-refractivity contribution in [3.63, 3.8) is 0 Å². The second-order valence-corrected chi connectivity index (χ2v) is 3.78. The molecule has 0 radical (unpaired) electrons. The van der Waals surface area contributed by atoms with Crippen molar-refractivity contribution in [1.82, 2.24) is 9.97 Å². The summed E-state index contributed by atoms with van der Waals surface area (Å²) in [5, 5.41) is 0.245. The zero-order valence-corrected chi connectivity index (χ0v) is 9.82. The average Bonchev–Trinajstić information content (AvgIpc) is 2.30. The fourth-order valence-electron chi connectivity index (χ4n) is 1.49. The van der Waals surface area contributed by atoms with Crippen molar-refractivity contribution in [2.75, 3.05) is 7.11 Å². The number of halogens is 1. The molecule has 0 fully saturated rings. The molecular formula is C12H11ClN2O. The standard InChI is InChI=1S/C12H11ClN2O/c1-8-3-4-10(11(5-8)16-2)9-6-14-12(13)15-7-9/h3-7H,1-2H3.